The van der Waals surface area contributed by atoms with Gasteiger partial charge in [-0.25, -0.2) is 0 Å². The van der Waals surface area contributed by atoms with E-state index in [2.05, 4.69) is 0 Å². The molecule has 27 heavy (non-hydrogen) atoms. The molecule has 148 valence electrons. The topological polar surface area (TPSA) is 40.6 Å². The number of hydrogen-bond acceptors (Lipinski definition) is 2. The highest BCUT2D eigenvalue weighted by atomic mass is 35.5. The summed E-state index contributed by atoms with van der Waals surface area (Å²) in [6.07, 6.45) is -4.19. The summed E-state index contributed by atoms with van der Waals surface area (Å²) in [6.45, 7) is 1.54. The van der Waals surface area contributed by atoms with E-state index in [-0.39, 0.29) is 30.6 Å². The van der Waals surface area contributed by atoms with Crippen LogP contribution >= 0.6 is 34.8 Å². The van der Waals surface area contributed by atoms with Crippen LogP contribution in [0.25, 0.3) is 0 Å². The lowest BCUT2D eigenvalue weighted by molar-refractivity contribution is -0.138. The lowest BCUT2D eigenvalue weighted by atomic mass is 10.1. The Labute approximate surface area is 169 Å². The van der Waals surface area contributed by atoms with Crippen molar-refractivity contribution in [2.45, 2.75) is 41.2 Å². The third-order valence-electron chi connectivity index (χ3n) is 5.06. The second-order valence-corrected chi connectivity index (χ2v) is 9.02. The predicted molar refractivity (Wildman–Crippen MR) is 97.3 cm³/mol. The van der Waals surface area contributed by atoms with E-state index in [0.29, 0.717) is 0 Å². The number of alkyl halides is 6. The lowest BCUT2D eigenvalue weighted by Gasteiger charge is -2.26. The van der Waals surface area contributed by atoms with Gasteiger partial charge in [0.05, 0.1) is 5.56 Å². The molecule has 0 aromatic heterocycles. The Balaban J connectivity index is 1.81. The van der Waals surface area contributed by atoms with E-state index in [9.17, 15) is 22.8 Å². The van der Waals surface area contributed by atoms with Crippen molar-refractivity contribution < 1.29 is 22.8 Å². The van der Waals surface area contributed by atoms with Gasteiger partial charge >= 0.3 is 6.18 Å². The van der Waals surface area contributed by atoms with Crippen molar-refractivity contribution >= 4 is 52.3 Å². The van der Waals surface area contributed by atoms with Gasteiger partial charge in [0.25, 0.3) is 0 Å². The summed E-state index contributed by atoms with van der Waals surface area (Å²) in [5.74, 6) is -1.05. The number of rotatable bonds is 3. The number of anilines is 1. The van der Waals surface area contributed by atoms with Crippen LogP contribution in [0.2, 0.25) is 0 Å². The van der Waals surface area contributed by atoms with Crippen molar-refractivity contribution in [2.75, 3.05) is 18.5 Å². The number of nitrogens with zero attached hydrogens (tertiary/aromatic N) is 2. The first-order valence-corrected chi connectivity index (χ1v) is 9.26. The van der Waals surface area contributed by atoms with Crippen LogP contribution in [-0.2, 0) is 15.8 Å². The first-order valence-electron chi connectivity index (χ1n) is 8.13. The van der Waals surface area contributed by atoms with Crippen LogP contribution in [0, 0.1) is 6.92 Å². The number of amides is 2. The van der Waals surface area contributed by atoms with E-state index in [0.717, 1.165) is 6.07 Å². The zero-order valence-electron chi connectivity index (χ0n) is 14.4. The van der Waals surface area contributed by atoms with Crippen molar-refractivity contribution in [1.82, 2.24) is 4.90 Å². The van der Waals surface area contributed by atoms with Gasteiger partial charge in [-0.05, 0) is 31.0 Å². The molecule has 1 saturated carbocycles. The number of hydrogen-bond donors (Lipinski definition) is 0. The van der Waals surface area contributed by atoms with Gasteiger partial charge in [0, 0.05) is 25.7 Å². The Morgan fingerprint density at radius 3 is 2.41 bits per heavy atom. The summed E-state index contributed by atoms with van der Waals surface area (Å²) in [5, 5.41) is 0. The van der Waals surface area contributed by atoms with E-state index in [4.69, 9.17) is 34.8 Å². The van der Waals surface area contributed by atoms with Crippen LogP contribution in [0.1, 0.15) is 24.0 Å². The van der Waals surface area contributed by atoms with Crippen molar-refractivity contribution in [2.24, 2.45) is 0 Å². The SMILES string of the molecule is Cc1ccc(N2CCC(N(C)C(=O)C3(Cl)CC3(Cl)Cl)C2=O)cc1C(F)(F)F. The molecule has 1 saturated heterocycles. The summed E-state index contributed by atoms with van der Waals surface area (Å²) < 4.78 is 38.0. The van der Waals surface area contributed by atoms with Crippen molar-refractivity contribution in [3.63, 3.8) is 0 Å². The highest BCUT2D eigenvalue weighted by Crippen LogP contribution is 2.62. The quantitative estimate of drug-likeness (QED) is 0.659. The van der Waals surface area contributed by atoms with Gasteiger partial charge in [-0.3, -0.25) is 9.59 Å². The minimum atomic E-state index is -4.52. The van der Waals surface area contributed by atoms with E-state index in [1.807, 2.05) is 0 Å². The van der Waals surface area contributed by atoms with Gasteiger partial charge in [-0.1, -0.05) is 29.3 Å². The van der Waals surface area contributed by atoms with Gasteiger partial charge in [0.15, 0.2) is 4.87 Å². The van der Waals surface area contributed by atoms with Crippen molar-refractivity contribution in [3.8, 4) is 0 Å². The van der Waals surface area contributed by atoms with Crippen LogP contribution in [0.5, 0.6) is 0 Å². The molecule has 2 aliphatic rings. The zero-order valence-corrected chi connectivity index (χ0v) is 16.7. The van der Waals surface area contributed by atoms with Crippen LogP contribution in [0.4, 0.5) is 18.9 Å². The molecule has 1 aromatic rings. The number of halogens is 6. The molecular weight excluding hydrogens is 428 g/mol. The van der Waals surface area contributed by atoms with Gasteiger partial charge in [0.2, 0.25) is 11.8 Å². The molecular formula is C17H16Cl3F3N2O2. The van der Waals surface area contributed by atoms with Crippen LogP contribution in [0.15, 0.2) is 18.2 Å². The standard InChI is InChI=1S/C17H16Cl3F3N2O2/c1-9-3-4-10(7-11(9)17(21,22)23)25-6-5-12(13(25)26)24(2)14(27)15(18)8-16(15,19)20/h3-4,7,12H,5-6,8H2,1-2H3. The lowest BCUT2D eigenvalue weighted by Crippen LogP contribution is -2.47. The minimum Gasteiger partial charge on any atom is -0.332 e. The van der Waals surface area contributed by atoms with Crippen LogP contribution in [-0.4, -0.2) is 45.6 Å². The second-order valence-electron chi connectivity index (χ2n) is 6.89. The average molecular weight is 444 g/mol. The summed E-state index contributed by atoms with van der Waals surface area (Å²) in [4.78, 5) is 26.2. The fourth-order valence-corrected chi connectivity index (χ4v) is 4.31. The highest BCUT2D eigenvalue weighted by Gasteiger charge is 2.72. The summed E-state index contributed by atoms with van der Waals surface area (Å²) >= 11 is 18.0. The fourth-order valence-electron chi connectivity index (χ4n) is 3.28. The predicted octanol–water partition coefficient (Wildman–Crippen LogP) is 4.13. The monoisotopic (exact) mass is 442 g/mol. The summed E-state index contributed by atoms with van der Waals surface area (Å²) in [6, 6.07) is 2.89. The number of carbonyl (C=O) groups is 2. The van der Waals surface area contributed by atoms with Gasteiger partial charge < -0.3 is 9.80 Å². The van der Waals surface area contributed by atoms with Crippen molar-refractivity contribution in [1.29, 1.82) is 0 Å². The molecule has 2 unspecified atom stereocenters. The largest absolute Gasteiger partial charge is 0.416 e. The highest BCUT2D eigenvalue weighted by molar-refractivity contribution is 6.62. The number of benzene rings is 1. The molecule has 10 heteroatoms. The Morgan fingerprint density at radius 1 is 1.30 bits per heavy atom. The van der Waals surface area contributed by atoms with Crippen LogP contribution in [0.3, 0.4) is 0 Å². The van der Waals surface area contributed by atoms with Crippen molar-refractivity contribution in [3.05, 3.63) is 29.3 Å². The molecule has 0 bridgehead atoms. The Hall–Kier alpha value is -1.18. The molecule has 1 aliphatic carbocycles. The summed E-state index contributed by atoms with van der Waals surface area (Å²) in [5.41, 5.74) is -0.593. The third kappa shape index (κ3) is 3.38. The van der Waals surface area contributed by atoms with Gasteiger partial charge in [0.1, 0.15) is 10.4 Å². The van der Waals surface area contributed by atoms with E-state index >= 15 is 0 Å². The van der Waals surface area contributed by atoms with Gasteiger partial charge in [-0.2, -0.15) is 13.2 Å². The average Bonchev–Trinajstić information content (AvgIpc) is 2.88. The number of aryl methyl sites for hydroxylation is 1. The maximum Gasteiger partial charge on any atom is 0.416 e. The fraction of sp³-hybridized carbons (Fsp3) is 0.529. The van der Waals surface area contributed by atoms with E-state index < -0.39 is 38.8 Å². The molecule has 3 rings (SSSR count). The smallest absolute Gasteiger partial charge is 0.332 e. The van der Waals surface area contributed by atoms with E-state index in [1.165, 1.54) is 35.9 Å². The van der Waals surface area contributed by atoms with Crippen LogP contribution < -0.4 is 4.90 Å². The Kier molecular flexibility index (Phi) is 4.89. The molecule has 1 aromatic carbocycles. The number of carbonyl (C=O) groups excluding carboxylic acids is 2. The molecule has 2 amide bonds. The van der Waals surface area contributed by atoms with E-state index in [1.54, 1.807) is 0 Å². The molecule has 2 atom stereocenters. The molecule has 0 spiro atoms. The second kappa shape index (κ2) is 6.42. The normalized spacial score (nSPS) is 27.0. The minimum absolute atomic E-state index is 0.0609. The molecule has 0 N–H and O–H groups in total. The first kappa shape index (κ1) is 20.6. The third-order valence-corrected chi connectivity index (χ3v) is 6.79. The molecule has 2 fully saturated rings. The maximum absolute atomic E-state index is 13.1. The maximum atomic E-state index is 13.1. The summed E-state index contributed by atoms with van der Waals surface area (Å²) in [7, 11) is 1.41. The molecule has 4 nitrogen and oxygen atoms in total. The first-order chi connectivity index (χ1) is 12.3. The van der Waals surface area contributed by atoms with Gasteiger partial charge in [-0.15, -0.1) is 11.6 Å². The molecule has 1 aliphatic heterocycles. The molecule has 1 heterocycles. The number of likely N-dealkylation sites (N-methyl/N-ethyl adjacent to an activating group) is 1. The Bertz CT molecular complexity index is 815. The zero-order chi connectivity index (χ0) is 20.4. The molecule has 0 radical (unpaired) electrons. The Morgan fingerprint density at radius 2 is 1.89 bits per heavy atom.